The first-order valence-electron chi connectivity index (χ1n) is 4.83. The van der Waals surface area contributed by atoms with E-state index >= 15 is 0 Å². The lowest BCUT2D eigenvalue weighted by molar-refractivity contribution is -0.0169. The number of nitrogen functional groups attached to an aromatic ring is 1. The van der Waals surface area contributed by atoms with Gasteiger partial charge in [-0.25, -0.2) is 0 Å². The highest BCUT2D eigenvalue weighted by atomic mass is 16.5. The van der Waals surface area contributed by atoms with Crippen LogP contribution in [0.4, 0.5) is 5.82 Å². The second kappa shape index (κ2) is 4.93. The summed E-state index contributed by atoms with van der Waals surface area (Å²) in [5, 5.41) is 7.43. The van der Waals surface area contributed by atoms with Gasteiger partial charge in [0.2, 0.25) is 5.88 Å². The van der Waals surface area contributed by atoms with Crippen LogP contribution in [-0.4, -0.2) is 29.0 Å². The van der Waals surface area contributed by atoms with E-state index in [1.807, 2.05) is 20.8 Å². The molecule has 84 valence electrons. The van der Waals surface area contributed by atoms with Crippen LogP contribution in [0.3, 0.4) is 0 Å². The lowest BCUT2D eigenvalue weighted by atomic mass is 10.2. The van der Waals surface area contributed by atoms with Crippen LogP contribution in [0.15, 0.2) is 12.1 Å². The largest absolute Gasteiger partial charge is 0.474 e. The molecular weight excluding hydrogens is 194 g/mol. The molecular formula is C10H17N3O2. The summed E-state index contributed by atoms with van der Waals surface area (Å²) >= 11 is 0. The van der Waals surface area contributed by atoms with Gasteiger partial charge in [-0.3, -0.25) is 0 Å². The molecule has 1 aromatic heterocycles. The number of aromatic nitrogens is 2. The molecule has 0 unspecified atom stereocenters. The Morgan fingerprint density at radius 1 is 1.20 bits per heavy atom. The molecule has 5 nitrogen and oxygen atoms in total. The Morgan fingerprint density at radius 2 is 1.93 bits per heavy atom. The third kappa shape index (κ3) is 5.17. The number of hydrogen-bond acceptors (Lipinski definition) is 5. The summed E-state index contributed by atoms with van der Waals surface area (Å²) in [4.78, 5) is 0. The minimum atomic E-state index is -0.143. The van der Waals surface area contributed by atoms with Crippen LogP contribution in [0.5, 0.6) is 5.88 Å². The molecule has 0 fully saturated rings. The van der Waals surface area contributed by atoms with Crippen molar-refractivity contribution in [1.29, 1.82) is 0 Å². The molecule has 15 heavy (non-hydrogen) atoms. The zero-order chi connectivity index (χ0) is 11.3. The van der Waals surface area contributed by atoms with Crippen molar-refractivity contribution in [2.45, 2.75) is 26.4 Å². The smallest absolute Gasteiger partial charge is 0.233 e. The van der Waals surface area contributed by atoms with E-state index in [-0.39, 0.29) is 5.60 Å². The van der Waals surface area contributed by atoms with Crippen molar-refractivity contribution in [3.63, 3.8) is 0 Å². The fourth-order valence-corrected chi connectivity index (χ4v) is 0.901. The van der Waals surface area contributed by atoms with Gasteiger partial charge in [0, 0.05) is 6.07 Å². The number of ether oxygens (including phenoxy) is 2. The van der Waals surface area contributed by atoms with E-state index in [1.165, 1.54) is 0 Å². The first kappa shape index (κ1) is 11.7. The number of nitrogens with zero attached hydrogens (tertiary/aromatic N) is 2. The molecule has 0 aromatic carbocycles. The predicted octanol–water partition coefficient (Wildman–Crippen LogP) is 1.25. The van der Waals surface area contributed by atoms with Gasteiger partial charge < -0.3 is 15.2 Å². The van der Waals surface area contributed by atoms with E-state index in [0.717, 1.165) is 0 Å². The topological polar surface area (TPSA) is 70.3 Å². The molecule has 0 saturated heterocycles. The second-order valence-corrected chi connectivity index (χ2v) is 4.11. The highest BCUT2D eigenvalue weighted by Gasteiger charge is 2.09. The number of anilines is 1. The highest BCUT2D eigenvalue weighted by Crippen LogP contribution is 2.08. The standard InChI is InChI=1S/C10H17N3O2/c1-10(2,3)15-7-6-14-9-5-4-8(11)12-13-9/h4-5H,6-7H2,1-3H3,(H2,11,12). The Morgan fingerprint density at radius 3 is 2.47 bits per heavy atom. The van der Waals surface area contributed by atoms with E-state index in [2.05, 4.69) is 10.2 Å². The van der Waals surface area contributed by atoms with Crippen LogP contribution in [0, 0.1) is 0 Å². The molecule has 5 heteroatoms. The monoisotopic (exact) mass is 211 g/mol. The van der Waals surface area contributed by atoms with Crippen molar-refractivity contribution < 1.29 is 9.47 Å². The average molecular weight is 211 g/mol. The fraction of sp³-hybridized carbons (Fsp3) is 0.600. The highest BCUT2D eigenvalue weighted by molar-refractivity contribution is 5.27. The van der Waals surface area contributed by atoms with Gasteiger partial charge in [0.15, 0.2) is 0 Å². The van der Waals surface area contributed by atoms with E-state index in [1.54, 1.807) is 12.1 Å². The molecule has 0 aliphatic rings. The van der Waals surface area contributed by atoms with Crippen LogP contribution in [-0.2, 0) is 4.74 Å². The maximum Gasteiger partial charge on any atom is 0.233 e. The van der Waals surface area contributed by atoms with E-state index < -0.39 is 0 Å². The van der Waals surface area contributed by atoms with Crippen LogP contribution in [0.25, 0.3) is 0 Å². The summed E-state index contributed by atoms with van der Waals surface area (Å²) in [6, 6.07) is 3.33. The summed E-state index contributed by atoms with van der Waals surface area (Å²) in [6.45, 7) is 6.97. The SMILES string of the molecule is CC(C)(C)OCCOc1ccc(N)nn1. The zero-order valence-corrected chi connectivity index (χ0v) is 9.36. The molecule has 2 N–H and O–H groups in total. The molecule has 0 amide bonds. The van der Waals surface area contributed by atoms with Gasteiger partial charge in [0.25, 0.3) is 0 Å². The summed E-state index contributed by atoms with van der Waals surface area (Å²) in [5.74, 6) is 0.843. The predicted molar refractivity (Wildman–Crippen MR) is 57.6 cm³/mol. The molecule has 0 spiro atoms. The Labute approximate surface area is 89.6 Å². The molecule has 0 aliphatic carbocycles. The van der Waals surface area contributed by atoms with E-state index in [4.69, 9.17) is 15.2 Å². The summed E-state index contributed by atoms with van der Waals surface area (Å²) in [5.41, 5.74) is 5.24. The molecule has 1 heterocycles. The molecule has 0 radical (unpaired) electrons. The maximum absolute atomic E-state index is 5.48. The van der Waals surface area contributed by atoms with Crippen molar-refractivity contribution >= 4 is 5.82 Å². The van der Waals surface area contributed by atoms with Crippen molar-refractivity contribution in [2.75, 3.05) is 18.9 Å². The minimum absolute atomic E-state index is 0.143. The van der Waals surface area contributed by atoms with Gasteiger partial charge in [-0.2, -0.15) is 0 Å². The third-order valence-electron chi connectivity index (χ3n) is 1.53. The number of rotatable bonds is 4. The Kier molecular flexibility index (Phi) is 3.85. The van der Waals surface area contributed by atoms with Crippen LogP contribution in [0.2, 0.25) is 0 Å². The van der Waals surface area contributed by atoms with Gasteiger partial charge in [-0.05, 0) is 26.8 Å². The lowest BCUT2D eigenvalue weighted by Crippen LogP contribution is -2.22. The second-order valence-electron chi connectivity index (χ2n) is 4.11. The van der Waals surface area contributed by atoms with Gasteiger partial charge in [0.1, 0.15) is 12.4 Å². The third-order valence-corrected chi connectivity index (χ3v) is 1.53. The average Bonchev–Trinajstić information content (AvgIpc) is 2.14. The Balaban J connectivity index is 2.23. The fourth-order valence-electron chi connectivity index (χ4n) is 0.901. The quantitative estimate of drug-likeness (QED) is 0.759. The van der Waals surface area contributed by atoms with Crippen LogP contribution in [0.1, 0.15) is 20.8 Å². The van der Waals surface area contributed by atoms with Crippen LogP contribution >= 0.6 is 0 Å². The normalized spacial score (nSPS) is 11.4. The van der Waals surface area contributed by atoms with Gasteiger partial charge >= 0.3 is 0 Å². The molecule has 0 aliphatic heterocycles. The van der Waals surface area contributed by atoms with Crippen molar-refractivity contribution in [3.8, 4) is 5.88 Å². The van der Waals surface area contributed by atoms with Crippen molar-refractivity contribution in [2.24, 2.45) is 0 Å². The van der Waals surface area contributed by atoms with Crippen LogP contribution < -0.4 is 10.5 Å². The number of nitrogens with two attached hydrogens (primary N) is 1. The van der Waals surface area contributed by atoms with E-state index in [9.17, 15) is 0 Å². The van der Waals surface area contributed by atoms with Gasteiger partial charge in [-0.15, -0.1) is 10.2 Å². The van der Waals surface area contributed by atoms with E-state index in [0.29, 0.717) is 24.9 Å². The lowest BCUT2D eigenvalue weighted by Gasteiger charge is -2.19. The zero-order valence-electron chi connectivity index (χ0n) is 9.36. The maximum atomic E-state index is 5.48. The molecule has 1 rings (SSSR count). The van der Waals surface area contributed by atoms with Gasteiger partial charge in [-0.1, -0.05) is 0 Å². The number of hydrogen-bond donors (Lipinski definition) is 1. The van der Waals surface area contributed by atoms with Gasteiger partial charge in [0.05, 0.1) is 12.2 Å². The summed E-state index contributed by atoms with van der Waals surface area (Å²) in [7, 11) is 0. The first-order chi connectivity index (χ1) is 6.97. The van der Waals surface area contributed by atoms with Crippen molar-refractivity contribution in [1.82, 2.24) is 10.2 Å². The minimum Gasteiger partial charge on any atom is -0.474 e. The summed E-state index contributed by atoms with van der Waals surface area (Å²) in [6.07, 6.45) is 0. The molecule has 0 saturated carbocycles. The Hall–Kier alpha value is -1.36. The Bertz CT molecular complexity index is 293. The first-order valence-corrected chi connectivity index (χ1v) is 4.83. The molecule has 0 bridgehead atoms. The van der Waals surface area contributed by atoms with Crippen molar-refractivity contribution in [3.05, 3.63) is 12.1 Å². The molecule has 0 atom stereocenters. The summed E-state index contributed by atoms with van der Waals surface area (Å²) < 4.78 is 10.8. The molecule has 1 aromatic rings.